The number of thioether (sulfide) groups is 1. The van der Waals surface area contributed by atoms with E-state index in [0.29, 0.717) is 0 Å². The van der Waals surface area contributed by atoms with Crippen LogP contribution in [-0.4, -0.2) is 12.8 Å². The third-order valence-electron chi connectivity index (χ3n) is 1.78. The third kappa shape index (κ3) is 3.66. The van der Waals surface area contributed by atoms with E-state index in [1.165, 1.54) is 10.5 Å². The minimum absolute atomic E-state index is 0.865. The van der Waals surface area contributed by atoms with Gasteiger partial charge in [0.05, 0.1) is 0 Å². The summed E-state index contributed by atoms with van der Waals surface area (Å²) in [5.74, 6) is 0. The van der Waals surface area contributed by atoms with Crippen LogP contribution in [0.5, 0.6) is 0 Å². The van der Waals surface area contributed by atoms with Crippen molar-refractivity contribution in [1.29, 1.82) is 0 Å². The Bertz CT molecular complexity index is 253. The maximum absolute atomic E-state index is 3.65. The monoisotopic (exact) mass is 193 g/mol. The van der Waals surface area contributed by atoms with Gasteiger partial charge in [0.2, 0.25) is 0 Å². The van der Waals surface area contributed by atoms with Gasteiger partial charge in [-0.2, -0.15) is 0 Å². The minimum atomic E-state index is 0.865. The van der Waals surface area contributed by atoms with Gasteiger partial charge in [0.25, 0.3) is 0 Å². The van der Waals surface area contributed by atoms with Gasteiger partial charge in [-0.1, -0.05) is 18.2 Å². The summed E-state index contributed by atoms with van der Waals surface area (Å²) in [6.07, 6.45) is 3.96. The number of benzene rings is 1. The van der Waals surface area contributed by atoms with E-state index in [-0.39, 0.29) is 0 Å². The van der Waals surface area contributed by atoms with Crippen LogP contribution in [0.15, 0.2) is 41.8 Å². The first-order valence-electron chi connectivity index (χ1n) is 4.31. The molecule has 0 bridgehead atoms. The molecule has 0 saturated carbocycles. The van der Waals surface area contributed by atoms with Gasteiger partial charge in [0, 0.05) is 18.0 Å². The number of hydrogen-bond donors (Lipinski definition) is 1. The fourth-order valence-corrected chi connectivity index (χ4v) is 1.47. The summed E-state index contributed by atoms with van der Waals surface area (Å²) in [7, 11) is 0. The third-order valence-corrected chi connectivity index (χ3v) is 2.52. The molecule has 0 saturated heterocycles. The average Bonchev–Trinajstić information content (AvgIpc) is 2.19. The van der Waals surface area contributed by atoms with Crippen LogP contribution in [0.3, 0.4) is 0 Å². The topological polar surface area (TPSA) is 12.0 Å². The SMILES string of the molecule is C=CCNCc1ccc(SC)cc1. The van der Waals surface area contributed by atoms with Crippen molar-refractivity contribution in [2.45, 2.75) is 11.4 Å². The zero-order chi connectivity index (χ0) is 9.52. The Morgan fingerprint density at radius 1 is 1.38 bits per heavy atom. The second kappa shape index (κ2) is 5.84. The summed E-state index contributed by atoms with van der Waals surface area (Å²) >= 11 is 1.77. The van der Waals surface area contributed by atoms with E-state index in [9.17, 15) is 0 Å². The van der Waals surface area contributed by atoms with E-state index < -0.39 is 0 Å². The average molecular weight is 193 g/mol. The standard InChI is InChI=1S/C11H15NS/c1-3-8-12-9-10-4-6-11(13-2)7-5-10/h3-7,12H,1,8-9H2,2H3. The number of rotatable bonds is 5. The molecule has 0 aliphatic carbocycles. The molecule has 0 unspecified atom stereocenters. The Morgan fingerprint density at radius 3 is 2.62 bits per heavy atom. The van der Waals surface area contributed by atoms with Gasteiger partial charge < -0.3 is 5.32 Å². The van der Waals surface area contributed by atoms with E-state index in [0.717, 1.165) is 13.1 Å². The summed E-state index contributed by atoms with van der Waals surface area (Å²) in [5.41, 5.74) is 1.32. The van der Waals surface area contributed by atoms with Crippen LogP contribution in [0.2, 0.25) is 0 Å². The van der Waals surface area contributed by atoms with Gasteiger partial charge in [-0.15, -0.1) is 18.3 Å². The molecule has 1 aromatic carbocycles. The van der Waals surface area contributed by atoms with E-state index >= 15 is 0 Å². The molecule has 0 aliphatic heterocycles. The molecule has 1 rings (SSSR count). The second-order valence-corrected chi connectivity index (χ2v) is 3.65. The Morgan fingerprint density at radius 2 is 2.08 bits per heavy atom. The van der Waals surface area contributed by atoms with Gasteiger partial charge in [-0.3, -0.25) is 0 Å². The van der Waals surface area contributed by atoms with Gasteiger partial charge >= 0.3 is 0 Å². The highest BCUT2D eigenvalue weighted by molar-refractivity contribution is 7.98. The summed E-state index contributed by atoms with van der Waals surface area (Å²) in [6.45, 7) is 5.44. The van der Waals surface area contributed by atoms with Gasteiger partial charge in [-0.25, -0.2) is 0 Å². The molecule has 0 fully saturated rings. The van der Waals surface area contributed by atoms with E-state index in [1.807, 2.05) is 6.08 Å². The molecule has 0 spiro atoms. The molecule has 0 heterocycles. The minimum Gasteiger partial charge on any atom is -0.309 e. The van der Waals surface area contributed by atoms with Crippen LogP contribution in [0.25, 0.3) is 0 Å². The maximum Gasteiger partial charge on any atom is 0.0208 e. The van der Waals surface area contributed by atoms with Crippen LogP contribution in [0, 0.1) is 0 Å². The first-order valence-corrected chi connectivity index (χ1v) is 5.54. The van der Waals surface area contributed by atoms with Gasteiger partial charge in [0.1, 0.15) is 0 Å². The smallest absolute Gasteiger partial charge is 0.0208 e. The first kappa shape index (κ1) is 10.4. The van der Waals surface area contributed by atoms with E-state index in [1.54, 1.807) is 11.8 Å². The van der Waals surface area contributed by atoms with Crippen LogP contribution in [0.1, 0.15) is 5.56 Å². The summed E-state index contributed by atoms with van der Waals surface area (Å²) in [5, 5.41) is 3.26. The fraction of sp³-hybridized carbons (Fsp3) is 0.273. The van der Waals surface area contributed by atoms with Crippen molar-refractivity contribution in [2.24, 2.45) is 0 Å². The molecule has 1 N–H and O–H groups in total. The van der Waals surface area contributed by atoms with Crippen LogP contribution in [-0.2, 0) is 6.54 Å². The quantitative estimate of drug-likeness (QED) is 0.438. The molecular formula is C11H15NS. The largest absolute Gasteiger partial charge is 0.309 e. The molecule has 0 amide bonds. The molecule has 1 aromatic rings. The van der Waals surface area contributed by atoms with Crippen molar-refractivity contribution >= 4 is 11.8 Å². The van der Waals surface area contributed by atoms with Crippen molar-refractivity contribution in [2.75, 3.05) is 12.8 Å². The second-order valence-electron chi connectivity index (χ2n) is 2.77. The van der Waals surface area contributed by atoms with Crippen molar-refractivity contribution < 1.29 is 0 Å². The lowest BCUT2D eigenvalue weighted by atomic mass is 10.2. The summed E-state index contributed by atoms with van der Waals surface area (Å²) in [4.78, 5) is 1.31. The van der Waals surface area contributed by atoms with Crippen molar-refractivity contribution in [3.8, 4) is 0 Å². The van der Waals surface area contributed by atoms with Crippen LogP contribution in [0.4, 0.5) is 0 Å². The molecule has 2 heteroatoms. The lowest BCUT2D eigenvalue weighted by molar-refractivity contribution is 0.760. The van der Waals surface area contributed by atoms with Crippen molar-refractivity contribution in [1.82, 2.24) is 5.32 Å². The van der Waals surface area contributed by atoms with Crippen LogP contribution < -0.4 is 5.32 Å². The van der Waals surface area contributed by atoms with E-state index in [2.05, 4.69) is 42.4 Å². The molecule has 0 aromatic heterocycles. The van der Waals surface area contributed by atoms with E-state index in [4.69, 9.17) is 0 Å². The molecule has 0 atom stereocenters. The number of nitrogens with one attached hydrogen (secondary N) is 1. The Hall–Kier alpha value is -0.730. The highest BCUT2D eigenvalue weighted by Crippen LogP contribution is 2.14. The zero-order valence-electron chi connectivity index (χ0n) is 7.92. The molecule has 1 nitrogen and oxygen atoms in total. The Balaban J connectivity index is 2.44. The van der Waals surface area contributed by atoms with Gasteiger partial charge in [0.15, 0.2) is 0 Å². The highest BCUT2D eigenvalue weighted by Gasteiger charge is 1.91. The lowest BCUT2D eigenvalue weighted by Crippen LogP contribution is -2.12. The first-order chi connectivity index (χ1) is 6.36. The Labute approximate surface area is 84.2 Å². The van der Waals surface area contributed by atoms with Crippen molar-refractivity contribution in [3.63, 3.8) is 0 Å². The van der Waals surface area contributed by atoms with Crippen LogP contribution >= 0.6 is 11.8 Å². The molecule has 0 aliphatic rings. The zero-order valence-corrected chi connectivity index (χ0v) is 8.73. The van der Waals surface area contributed by atoms with Gasteiger partial charge in [-0.05, 0) is 24.0 Å². The summed E-state index contributed by atoms with van der Waals surface area (Å²) < 4.78 is 0. The fourth-order valence-electron chi connectivity index (χ4n) is 1.06. The molecule has 70 valence electrons. The molecular weight excluding hydrogens is 178 g/mol. The normalized spacial score (nSPS) is 9.92. The molecule has 13 heavy (non-hydrogen) atoms. The molecule has 0 radical (unpaired) electrons. The highest BCUT2D eigenvalue weighted by atomic mass is 32.2. The maximum atomic E-state index is 3.65. The van der Waals surface area contributed by atoms with Crippen molar-refractivity contribution in [3.05, 3.63) is 42.5 Å². The summed E-state index contributed by atoms with van der Waals surface area (Å²) in [6, 6.07) is 8.61. The number of hydrogen-bond acceptors (Lipinski definition) is 2. The Kier molecular flexibility index (Phi) is 4.65. The lowest BCUT2D eigenvalue weighted by Gasteiger charge is -2.02. The predicted molar refractivity (Wildman–Crippen MR) is 60.1 cm³/mol. The predicted octanol–water partition coefficient (Wildman–Crippen LogP) is 2.68.